The summed E-state index contributed by atoms with van der Waals surface area (Å²) in [5, 5.41) is 14.2. The maximum absolute atomic E-state index is 11.8. The summed E-state index contributed by atoms with van der Waals surface area (Å²) in [6, 6.07) is 7.55. The van der Waals surface area contributed by atoms with Gasteiger partial charge in [0, 0.05) is 12.1 Å². The quantitative estimate of drug-likeness (QED) is 0.747. The Hall–Kier alpha value is -2.04. The molecule has 0 unspecified atom stereocenters. The summed E-state index contributed by atoms with van der Waals surface area (Å²) in [6.07, 6.45) is 0.788. The molecule has 0 saturated heterocycles. The normalized spacial score (nSPS) is 10.9. The summed E-state index contributed by atoms with van der Waals surface area (Å²) in [5.74, 6) is -0.938. The van der Waals surface area contributed by atoms with Gasteiger partial charge in [-0.05, 0) is 31.4 Å². The summed E-state index contributed by atoms with van der Waals surface area (Å²) in [4.78, 5) is 22.5. The van der Waals surface area contributed by atoms with E-state index in [-0.39, 0.29) is 12.5 Å². The molecule has 0 spiro atoms. The Kier molecular flexibility index (Phi) is 5.55. The fraction of sp³-hybridized carbons (Fsp3) is 0.467. The fourth-order valence-corrected chi connectivity index (χ4v) is 2.02. The molecule has 2 amide bonds. The van der Waals surface area contributed by atoms with Gasteiger partial charge in [0.25, 0.3) is 0 Å². The van der Waals surface area contributed by atoms with Crippen LogP contribution in [0.25, 0.3) is 0 Å². The highest BCUT2D eigenvalue weighted by Crippen LogP contribution is 2.10. The first-order chi connectivity index (χ1) is 9.34. The van der Waals surface area contributed by atoms with Gasteiger partial charge in [-0.3, -0.25) is 4.79 Å². The number of carboxylic acid groups (broad SMARTS) is 1. The van der Waals surface area contributed by atoms with E-state index in [4.69, 9.17) is 5.11 Å². The van der Waals surface area contributed by atoms with Gasteiger partial charge >= 0.3 is 12.0 Å². The van der Waals surface area contributed by atoms with E-state index >= 15 is 0 Å². The van der Waals surface area contributed by atoms with Crippen LogP contribution < -0.4 is 10.6 Å². The zero-order valence-corrected chi connectivity index (χ0v) is 12.2. The molecule has 1 aromatic rings. The Morgan fingerprint density at radius 2 is 1.80 bits per heavy atom. The SMILES string of the molecule is CCc1ccccc1CNC(=O)NC(C)(C)CC(=O)O. The van der Waals surface area contributed by atoms with E-state index in [0.29, 0.717) is 6.54 Å². The number of carbonyl (C=O) groups is 2. The first kappa shape index (κ1) is 16.0. The van der Waals surface area contributed by atoms with Crippen LogP contribution in [0.1, 0.15) is 38.3 Å². The molecule has 0 heterocycles. The number of amides is 2. The van der Waals surface area contributed by atoms with E-state index in [0.717, 1.165) is 12.0 Å². The second-order valence-corrected chi connectivity index (χ2v) is 5.38. The molecule has 0 aliphatic heterocycles. The van der Waals surface area contributed by atoms with E-state index in [1.165, 1.54) is 5.56 Å². The third kappa shape index (κ3) is 5.30. The molecule has 20 heavy (non-hydrogen) atoms. The molecule has 0 aliphatic carbocycles. The lowest BCUT2D eigenvalue weighted by Crippen LogP contribution is -2.49. The third-order valence-electron chi connectivity index (χ3n) is 2.98. The Labute approximate surface area is 119 Å². The summed E-state index contributed by atoms with van der Waals surface area (Å²) in [5.41, 5.74) is 1.49. The number of carbonyl (C=O) groups excluding carboxylic acids is 1. The smallest absolute Gasteiger partial charge is 0.315 e. The molecule has 0 aromatic heterocycles. The first-order valence-corrected chi connectivity index (χ1v) is 6.68. The molecule has 1 aromatic carbocycles. The number of carboxylic acids is 1. The minimum atomic E-state index is -0.938. The van der Waals surface area contributed by atoms with Crippen LogP contribution in [-0.2, 0) is 17.8 Å². The van der Waals surface area contributed by atoms with E-state index in [1.54, 1.807) is 13.8 Å². The van der Waals surface area contributed by atoms with Crippen molar-refractivity contribution < 1.29 is 14.7 Å². The van der Waals surface area contributed by atoms with Gasteiger partial charge in [0.15, 0.2) is 0 Å². The van der Waals surface area contributed by atoms with Crippen molar-refractivity contribution in [2.24, 2.45) is 0 Å². The highest BCUT2D eigenvalue weighted by Gasteiger charge is 2.23. The molecule has 0 aliphatic rings. The number of aliphatic carboxylic acids is 1. The number of benzene rings is 1. The van der Waals surface area contributed by atoms with Gasteiger partial charge in [-0.1, -0.05) is 31.2 Å². The number of rotatable bonds is 6. The van der Waals surface area contributed by atoms with Gasteiger partial charge in [-0.2, -0.15) is 0 Å². The molecular formula is C15H22N2O3. The largest absolute Gasteiger partial charge is 0.481 e. The number of urea groups is 1. The van der Waals surface area contributed by atoms with Gasteiger partial charge in [0.2, 0.25) is 0 Å². The van der Waals surface area contributed by atoms with Crippen molar-refractivity contribution in [3.8, 4) is 0 Å². The number of hydrogen-bond donors (Lipinski definition) is 3. The second-order valence-electron chi connectivity index (χ2n) is 5.38. The van der Waals surface area contributed by atoms with E-state index < -0.39 is 11.5 Å². The Balaban J connectivity index is 2.53. The lowest BCUT2D eigenvalue weighted by molar-refractivity contribution is -0.138. The van der Waals surface area contributed by atoms with Gasteiger partial charge in [-0.25, -0.2) is 4.79 Å². The Morgan fingerprint density at radius 3 is 2.35 bits per heavy atom. The van der Waals surface area contributed by atoms with Crippen LogP contribution in [0.5, 0.6) is 0 Å². The Morgan fingerprint density at radius 1 is 1.20 bits per heavy atom. The molecule has 0 atom stereocenters. The van der Waals surface area contributed by atoms with E-state index in [2.05, 4.69) is 17.6 Å². The standard InChI is InChI=1S/C15H22N2O3/c1-4-11-7-5-6-8-12(11)10-16-14(20)17-15(2,3)9-13(18)19/h5-8H,4,9-10H2,1-3H3,(H,18,19)(H2,16,17,20). The van der Waals surface area contributed by atoms with Gasteiger partial charge in [-0.15, -0.1) is 0 Å². The number of aryl methyl sites for hydroxylation is 1. The zero-order chi connectivity index (χ0) is 15.2. The summed E-state index contributed by atoms with van der Waals surface area (Å²) in [7, 11) is 0. The van der Waals surface area contributed by atoms with Crippen molar-refractivity contribution in [3.63, 3.8) is 0 Å². The predicted octanol–water partition coefficient (Wildman–Crippen LogP) is 2.30. The second kappa shape index (κ2) is 6.93. The predicted molar refractivity (Wildman–Crippen MR) is 77.5 cm³/mol. The highest BCUT2D eigenvalue weighted by atomic mass is 16.4. The number of hydrogen-bond acceptors (Lipinski definition) is 2. The van der Waals surface area contributed by atoms with Crippen LogP contribution in [0, 0.1) is 0 Å². The van der Waals surface area contributed by atoms with Crippen LogP contribution in [0.15, 0.2) is 24.3 Å². The van der Waals surface area contributed by atoms with E-state index in [1.807, 2.05) is 24.3 Å². The maximum Gasteiger partial charge on any atom is 0.315 e. The molecule has 5 heteroatoms. The van der Waals surface area contributed by atoms with Crippen molar-refractivity contribution in [2.45, 2.75) is 45.7 Å². The maximum atomic E-state index is 11.8. The van der Waals surface area contributed by atoms with Gasteiger partial charge in [0.1, 0.15) is 0 Å². The van der Waals surface area contributed by atoms with Crippen LogP contribution in [-0.4, -0.2) is 22.6 Å². The van der Waals surface area contributed by atoms with Crippen molar-refractivity contribution in [2.75, 3.05) is 0 Å². The van der Waals surface area contributed by atoms with E-state index in [9.17, 15) is 9.59 Å². The fourth-order valence-electron chi connectivity index (χ4n) is 2.02. The summed E-state index contributed by atoms with van der Waals surface area (Å²) >= 11 is 0. The lowest BCUT2D eigenvalue weighted by atomic mass is 10.0. The van der Waals surface area contributed by atoms with Crippen LogP contribution in [0.2, 0.25) is 0 Å². The summed E-state index contributed by atoms with van der Waals surface area (Å²) in [6.45, 7) is 5.86. The van der Waals surface area contributed by atoms with Crippen LogP contribution in [0.3, 0.4) is 0 Å². The molecule has 110 valence electrons. The average molecular weight is 278 g/mol. The molecule has 0 saturated carbocycles. The number of nitrogens with one attached hydrogen (secondary N) is 2. The minimum absolute atomic E-state index is 0.119. The molecule has 0 radical (unpaired) electrons. The minimum Gasteiger partial charge on any atom is -0.481 e. The topological polar surface area (TPSA) is 78.4 Å². The lowest BCUT2D eigenvalue weighted by Gasteiger charge is -2.24. The summed E-state index contributed by atoms with van der Waals surface area (Å²) < 4.78 is 0. The average Bonchev–Trinajstić information content (AvgIpc) is 2.34. The van der Waals surface area contributed by atoms with Crippen molar-refractivity contribution in [1.82, 2.24) is 10.6 Å². The van der Waals surface area contributed by atoms with Crippen LogP contribution >= 0.6 is 0 Å². The van der Waals surface area contributed by atoms with Gasteiger partial charge in [0.05, 0.1) is 6.42 Å². The van der Waals surface area contributed by atoms with Crippen molar-refractivity contribution >= 4 is 12.0 Å². The molecule has 0 fully saturated rings. The zero-order valence-electron chi connectivity index (χ0n) is 12.2. The molecule has 0 bridgehead atoms. The Bertz CT molecular complexity index is 484. The molecule has 5 nitrogen and oxygen atoms in total. The third-order valence-corrected chi connectivity index (χ3v) is 2.98. The molecule has 1 rings (SSSR count). The first-order valence-electron chi connectivity index (χ1n) is 6.68. The van der Waals surface area contributed by atoms with Crippen LogP contribution in [0.4, 0.5) is 4.79 Å². The highest BCUT2D eigenvalue weighted by molar-refractivity contribution is 5.76. The molecule has 3 N–H and O–H groups in total. The van der Waals surface area contributed by atoms with Crippen molar-refractivity contribution in [1.29, 1.82) is 0 Å². The van der Waals surface area contributed by atoms with Crippen molar-refractivity contribution in [3.05, 3.63) is 35.4 Å². The van der Waals surface area contributed by atoms with Gasteiger partial charge < -0.3 is 15.7 Å². The molecular weight excluding hydrogens is 256 g/mol. The monoisotopic (exact) mass is 278 g/mol.